The van der Waals surface area contributed by atoms with Crippen molar-refractivity contribution < 1.29 is 19.0 Å². The monoisotopic (exact) mass is 526 g/mol. The maximum Gasteiger partial charge on any atom is 0.263 e. The van der Waals surface area contributed by atoms with Gasteiger partial charge in [-0.05, 0) is 41.0 Å². The fourth-order valence-electron chi connectivity index (χ4n) is 4.28. The molecular weight excluding hydrogens is 500 g/mol. The zero-order valence-corrected chi connectivity index (χ0v) is 22.0. The maximum atomic E-state index is 13.2. The number of hydrogen-bond donors (Lipinski definition) is 2. The quantitative estimate of drug-likeness (QED) is 0.272. The van der Waals surface area contributed by atoms with Crippen LogP contribution in [-0.2, 0) is 6.54 Å². The topological polar surface area (TPSA) is 109 Å². The lowest BCUT2D eigenvalue weighted by atomic mass is 9.98. The Morgan fingerprint density at radius 3 is 2.32 bits per heavy atom. The molecule has 0 spiro atoms. The van der Waals surface area contributed by atoms with E-state index in [1.165, 1.54) is 11.3 Å². The summed E-state index contributed by atoms with van der Waals surface area (Å²) in [5.74, 6) is 1.24. The minimum absolute atomic E-state index is 0.272. The number of nitrogens with one attached hydrogen (secondary N) is 1. The summed E-state index contributed by atoms with van der Waals surface area (Å²) in [6, 6.07) is 19.3. The molecule has 0 unspecified atom stereocenters. The molecule has 0 saturated heterocycles. The van der Waals surface area contributed by atoms with Crippen molar-refractivity contribution in [3.8, 4) is 39.6 Å². The van der Waals surface area contributed by atoms with Crippen LogP contribution in [0.25, 0.3) is 32.6 Å². The molecule has 0 fully saturated rings. The van der Waals surface area contributed by atoms with Crippen molar-refractivity contribution >= 4 is 33.1 Å². The Labute approximate surface area is 224 Å². The first-order valence-corrected chi connectivity index (χ1v) is 12.6. The molecule has 0 aliphatic rings. The Hall–Kier alpha value is -4.63. The van der Waals surface area contributed by atoms with Crippen LogP contribution in [0, 0.1) is 0 Å². The number of aromatic nitrogens is 2. The van der Waals surface area contributed by atoms with Crippen LogP contribution in [0.4, 0.5) is 5.69 Å². The van der Waals surface area contributed by atoms with Crippen LogP contribution >= 0.6 is 11.3 Å². The second kappa shape index (κ2) is 10.8. The fourth-order valence-corrected chi connectivity index (χ4v) is 5.31. The van der Waals surface area contributed by atoms with Crippen LogP contribution in [0.15, 0.2) is 73.1 Å². The van der Waals surface area contributed by atoms with Gasteiger partial charge < -0.3 is 25.3 Å². The molecule has 2 aromatic carbocycles. The van der Waals surface area contributed by atoms with Crippen molar-refractivity contribution in [2.45, 2.75) is 6.54 Å². The van der Waals surface area contributed by atoms with Gasteiger partial charge in [-0.1, -0.05) is 36.4 Å². The van der Waals surface area contributed by atoms with Gasteiger partial charge in [0.2, 0.25) is 5.75 Å². The predicted molar refractivity (Wildman–Crippen MR) is 150 cm³/mol. The number of ether oxygens (including phenoxy) is 3. The number of hydrogen-bond acceptors (Lipinski definition) is 8. The molecule has 0 saturated carbocycles. The van der Waals surface area contributed by atoms with Gasteiger partial charge in [-0.15, -0.1) is 11.3 Å². The van der Waals surface area contributed by atoms with Gasteiger partial charge in [-0.2, -0.15) is 0 Å². The molecule has 0 aliphatic heterocycles. The molecule has 38 heavy (non-hydrogen) atoms. The molecule has 3 aromatic heterocycles. The van der Waals surface area contributed by atoms with E-state index in [4.69, 9.17) is 24.9 Å². The van der Waals surface area contributed by atoms with E-state index in [9.17, 15) is 4.79 Å². The van der Waals surface area contributed by atoms with Crippen molar-refractivity contribution in [2.24, 2.45) is 0 Å². The highest BCUT2D eigenvalue weighted by molar-refractivity contribution is 7.21. The highest BCUT2D eigenvalue weighted by Crippen LogP contribution is 2.46. The van der Waals surface area contributed by atoms with Crippen LogP contribution in [0.3, 0.4) is 0 Å². The van der Waals surface area contributed by atoms with Gasteiger partial charge in [0.1, 0.15) is 9.71 Å². The number of fused-ring (bicyclic) bond motifs is 1. The van der Waals surface area contributed by atoms with E-state index >= 15 is 0 Å². The van der Waals surface area contributed by atoms with E-state index in [1.807, 2.05) is 60.7 Å². The van der Waals surface area contributed by atoms with E-state index < -0.39 is 0 Å². The summed E-state index contributed by atoms with van der Waals surface area (Å²) >= 11 is 1.26. The van der Waals surface area contributed by atoms with E-state index in [0.717, 1.165) is 27.9 Å². The standard InChI is InChI=1S/C29H26N4O4S/c1-35-22-12-19(13-23(36-2)26(22)37-3)20-14-21(18-9-5-4-6-10-18)33-29-24(20)25(30)27(38-29)28(34)32-16-17-8-7-11-31-15-17/h4-15H,16,30H2,1-3H3,(H,32,34). The van der Waals surface area contributed by atoms with Gasteiger partial charge in [0.05, 0.1) is 32.7 Å². The third-order valence-electron chi connectivity index (χ3n) is 6.13. The lowest BCUT2D eigenvalue weighted by Gasteiger charge is -2.15. The molecule has 0 aliphatic carbocycles. The zero-order chi connectivity index (χ0) is 26.6. The Morgan fingerprint density at radius 2 is 1.68 bits per heavy atom. The van der Waals surface area contributed by atoms with E-state index in [1.54, 1.807) is 33.7 Å². The first-order valence-electron chi connectivity index (χ1n) is 11.8. The molecule has 192 valence electrons. The zero-order valence-electron chi connectivity index (χ0n) is 21.1. The molecule has 3 N–H and O–H groups in total. The molecule has 8 nitrogen and oxygen atoms in total. The van der Waals surface area contributed by atoms with Gasteiger partial charge in [-0.25, -0.2) is 4.98 Å². The van der Waals surface area contributed by atoms with E-state index in [0.29, 0.717) is 44.6 Å². The number of amides is 1. The fraction of sp³-hybridized carbons (Fsp3) is 0.138. The Kier molecular flexibility index (Phi) is 7.10. The molecule has 5 aromatic rings. The van der Waals surface area contributed by atoms with E-state index in [2.05, 4.69) is 10.3 Å². The van der Waals surface area contributed by atoms with E-state index in [-0.39, 0.29) is 5.91 Å². The summed E-state index contributed by atoms with van der Waals surface area (Å²) in [5, 5.41) is 3.63. The molecule has 3 heterocycles. The Morgan fingerprint density at radius 1 is 0.947 bits per heavy atom. The minimum Gasteiger partial charge on any atom is -0.493 e. The van der Waals surface area contributed by atoms with Gasteiger partial charge in [-0.3, -0.25) is 9.78 Å². The van der Waals surface area contributed by atoms with Crippen molar-refractivity contribution in [3.63, 3.8) is 0 Å². The van der Waals surface area contributed by atoms with Crippen molar-refractivity contribution in [1.82, 2.24) is 15.3 Å². The summed E-state index contributed by atoms with van der Waals surface area (Å²) in [6.07, 6.45) is 3.40. The number of rotatable bonds is 8. The number of methoxy groups -OCH3 is 3. The van der Waals surface area contributed by atoms with Crippen LogP contribution in [0.5, 0.6) is 17.2 Å². The second-order valence-corrected chi connectivity index (χ2v) is 9.40. The van der Waals surface area contributed by atoms with Crippen molar-refractivity contribution in [3.05, 3.63) is 83.5 Å². The highest BCUT2D eigenvalue weighted by atomic mass is 32.1. The number of benzene rings is 2. The van der Waals surface area contributed by atoms with Crippen molar-refractivity contribution in [1.29, 1.82) is 0 Å². The normalized spacial score (nSPS) is 10.8. The second-order valence-electron chi connectivity index (χ2n) is 8.40. The molecule has 1 amide bonds. The minimum atomic E-state index is -0.272. The van der Waals surface area contributed by atoms with Crippen molar-refractivity contribution in [2.75, 3.05) is 27.1 Å². The molecule has 0 atom stereocenters. The van der Waals surface area contributed by atoms with Crippen LogP contribution in [0.1, 0.15) is 15.2 Å². The molecule has 0 bridgehead atoms. The average molecular weight is 527 g/mol. The third kappa shape index (κ3) is 4.71. The number of anilines is 1. The SMILES string of the molecule is COc1cc(-c2cc(-c3ccccc3)nc3sc(C(=O)NCc4cccnc4)c(N)c23)cc(OC)c1OC. The highest BCUT2D eigenvalue weighted by Gasteiger charge is 2.23. The van der Waals surface area contributed by atoms with Crippen LogP contribution < -0.4 is 25.3 Å². The number of thiophene rings is 1. The number of pyridine rings is 2. The summed E-state index contributed by atoms with van der Waals surface area (Å²) in [5.41, 5.74) is 11.2. The average Bonchev–Trinajstić information content (AvgIpc) is 3.31. The van der Waals surface area contributed by atoms with Crippen LogP contribution in [0.2, 0.25) is 0 Å². The summed E-state index contributed by atoms with van der Waals surface area (Å²) < 4.78 is 16.7. The van der Waals surface area contributed by atoms with Crippen LogP contribution in [-0.4, -0.2) is 37.2 Å². The number of nitrogens with two attached hydrogens (primary N) is 1. The number of carbonyl (C=O) groups is 1. The Bertz CT molecular complexity index is 1580. The smallest absolute Gasteiger partial charge is 0.263 e. The molecule has 9 heteroatoms. The summed E-state index contributed by atoms with van der Waals surface area (Å²) in [4.78, 5) is 23.3. The number of carbonyl (C=O) groups excluding carboxylic acids is 1. The lowest BCUT2D eigenvalue weighted by Crippen LogP contribution is -2.22. The third-order valence-corrected chi connectivity index (χ3v) is 7.22. The Balaban J connectivity index is 1.68. The molecule has 0 radical (unpaired) electrons. The maximum absolute atomic E-state index is 13.2. The molecule has 5 rings (SSSR count). The van der Waals surface area contributed by atoms with Gasteiger partial charge in [0.15, 0.2) is 11.5 Å². The lowest BCUT2D eigenvalue weighted by molar-refractivity contribution is 0.0956. The first-order chi connectivity index (χ1) is 18.5. The number of nitrogen functional groups attached to an aromatic ring is 1. The summed E-state index contributed by atoms with van der Waals surface area (Å²) in [6.45, 7) is 0.336. The largest absolute Gasteiger partial charge is 0.493 e. The van der Waals surface area contributed by atoms with Gasteiger partial charge >= 0.3 is 0 Å². The number of nitrogens with zero attached hydrogens (tertiary/aromatic N) is 2. The first kappa shape index (κ1) is 25.0. The van der Waals surface area contributed by atoms with Gasteiger partial charge in [0.25, 0.3) is 5.91 Å². The predicted octanol–water partition coefficient (Wildman–Crippen LogP) is 5.56. The molecular formula is C29H26N4O4S. The summed E-state index contributed by atoms with van der Waals surface area (Å²) in [7, 11) is 4.70. The van der Waals surface area contributed by atoms with Gasteiger partial charge in [0, 0.05) is 29.9 Å².